The maximum Gasteiger partial charge on any atom is 0.247 e. The smallest absolute Gasteiger partial charge is 0.247 e. The number of amides is 2. The summed E-state index contributed by atoms with van der Waals surface area (Å²) in [6.45, 7) is 2.99. The average molecular weight is 294 g/mol. The highest BCUT2D eigenvalue weighted by molar-refractivity contribution is 8.00. The molecule has 2 rings (SSSR count). The molecule has 1 aliphatic rings. The van der Waals surface area contributed by atoms with Crippen LogP contribution in [0.1, 0.15) is 13.3 Å². The van der Waals surface area contributed by atoms with E-state index in [-0.39, 0.29) is 23.5 Å². The van der Waals surface area contributed by atoms with Crippen LogP contribution < -0.4 is 15.4 Å². The van der Waals surface area contributed by atoms with E-state index in [2.05, 4.69) is 0 Å². The second-order valence-electron chi connectivity index (χ2n) is 4.35. The third-order valence-corrected chi connectivity index (χ3v) is 4.19. The Bertz CT molecular complexity index is 490. The second-order valence-corrected chi connectivity index (χ2v) is 5.66. The molecule has 1 atom stereocenters. The summed E-state index contributed by atoms with van der Waals surface area (Å²) in [5.74, 6) is 1.09. The largest absolute Gasteiger partial charge is 0.494 e. The van der Waals surface area contributed by atoms with Gasteiger partial charge in [0.1, 0.15) is 5.75 Å². The lowest BCUT2D eigenvalue weighted by molar-refractivity contribution is -0.121. The van der Waals surface area contributed by atoms with E-state index < -0.39 is 0 Å². The van der Waals surface area contributed by atoms with Crippen molar-refractivity contribution < 1.29 is 14.3 Å². The van der Waals surface area contributed by atoms with Crippen molar-refractivity contribution in [2.75, 3.05) is 23.8 Å². The molecule has 0 bridgehead atoms. The van der Waals surface area contributed by atoms with Crippen LogP contribution in [0.25, 0.3) is 0 Å². The van der Waals surface area contributed by atoms with Gasteiger partial charge in [0.05, 0.1) is 17.5 Å². The topological polar surface area (TPSA) is 72.6 Å². The normalized spacial score (nSPS) is 18.7. The highest BCUT2D eigenvalue weighted by Crippen LogP contribution is 2.30. The Morgan fingerprint density at radius 2 is 2.05 bits per heavy atom. The first-order valence-electron chi connectivity index (χ1n) is 6.58. The summed E-state index contributed by atoms with van der Waals surface area (Å²) in [5, 5.41) is -0.308. The number of rotatable bonds is 6. The summed E-state index contributed by atoms with van der Waals surface area (Å²) in [4.78, 5) is 25.5. The number of benzene rings is 1. The van der Waals surface area contributed by atoms with Crippen LogP contribution in [-0.2, 0) is 9.59 Å². The Kier molecular flexibility index (Phi) is 5.03. The van der Waals surface area contributed by atoms with E-state index in [1.54, 1.807) is 24.3 Å². The molecule has 6 heteroatoms. The molecule has 1 fully saturated rings. The van der Waals surface area contributed by atoms with Crippen LogP contribution in [0.5, 0.6) is 5.75 Å². The van der Waals surface area contributed by atoms with Crippen LogP contribution >= 0.6 is 11.8 Å². The van der Waals surface area contributed by atoms with E-state index in [1.165, 1.54) is 16.7 Å². The van der Waals surface area contributed by atoms with Crippen LogP contribution in [0.3, 0.4) is 0 Å². The lowest BCUT2D eigenvalue weighted by Gasteiger charge is -2.15. The van der Waals surface area contributed by atoms with Crippen molar-refractivity contribution >= 4 is 29.3 Å². The summed E-state index contributed by atoms with van der Waals surface area (Å²) in [6, 6.07) is 6.99. The maximum atomic E-state index is 12.2. The van der Waals surface area contributed by atoms with E-state index in [1.807, 2.05) is 6.92 Å². The Morgan fingerprint density at radius 1 is 1.35 bits per heavy atom. The number of thioether (sulfide) groups is 1. The number of nitrogens with zero attached hydrogens (tertiary/aromatic N) is 1. The standard InChI is InChI=1S/C14H18N2O3S/c1-2-19-11-5-3-10(4-6-11)16-13(17)9-12(14(16)18)20-8-7-15/h3-6,12H,2,7-9,15H2,1H3/t12-/m1/s1. The first kappa shape index (κ1) is 14.9. The zero-order chi connectivity index (χ0) is 14.5. The zero-order valence-corrected chi connectivity index (χ0v) is 12.2. The van der Waals surface area contributed by atoms with Crippen LogP contribution in [0.2, 0.25) is 0 Å². The first-order valence-corrected chi connectivity index (χ1v) is 7.63. The molecule has 0 aromatic heterocycles. The van der Waals surface area contributed by atoms with Gasteiger partial charge in [-0.05, 0) is 31.2 Å². The first-order chi connectivity index (χ1) is 9.67. The minimum Gasteiger partial charge on any atom is -0.494 e. The Hall–Kier alpha value is -1.53. The zero-order valence-electron chi connectivity index (χ0n) is 11.4. The third kappa shape index (κ3) is 3.13. The number of carbonyl (C=O) groups excluding carboxylic acids is 2. The summed E-state index contributed by atoms with van der Waals surface area (Å²) in [5.41, 5.74) is 6.03. The number of carbonyl (C=O) groups is 2. The van der Waals surface area contributed by atoms with Crippen molar-refractivity contribution in [2.24, 2.45) is 5.73 Å². The molecule has 0 saturated carbocycles. The Balaban J connectivity index is 2.11. The van der Waals surface area contributed by atoms with Crippen LogP contribution in [-0.4, -0.2) is 36.0 Å². The molecule has 1 aromatic rings. The maximum absolute atomic E-state index is 12.2. The summed E-state index contributed by atoms with van der Waals surface area (Å²) >= 11 is 1.44. The number of nitrogens with two attached hydrogens (primary N) is 1. The molecule has 1 saturated heterocycles. The van der Waals surface area contributed by atoms with Crippen molar-refractivity contribution in [1.82, 2.24) is 0 Å². The van der Waals surface area contributed by atoms with Gasteiger partial charge in [-0.2, -0.15) is 0 Å². The van der Waals surface area contributed by atoms with Gasteiger partial charge in [-0.15, -0.1) is 11.8 Å². The molecule has 0 radical (unpaired) electrons. The quantitative estimate of drug-likeness (QED) is 0.803. The number of hydrogen-bond donors (Lipinski definition) is 1. The van der Waals surface area contributed by atoms with E-state index in [0.29, 0.717) is 24.6 Å². The average Bonchev–Trinajstić information content (AvgIpc) is 2.73. The highest BCUT2D eigenvalue weighted by atomic mass is 32.2. The second kappa shape index (κ2) is 6.76. The predicted octanol–water partition coefficient (Wildman–Crippen LogP) is 1.41. The van der Waals surface area contributed by atoms with E-state index in [9.17, 15) is 9.59 Å². The molecule has 0 spiro atoms. The molecule has 2 N–H and O–H groups in total. The van der Waals surface area contributed by atoms with Crippen molar-refractivity contribution in [3.8, 4) is 5.75 Å². The fourth-order valence-electron chi connectivity index (χ4n) is 2.07. The Labute approximate surface area is 122 Å². The summed E-state index contributed by atoms with van der Waals surface area (Å²) in [6.07, 6.45) is 0.247. The number of imide groups is 1. The van der Waals surface area contributed by atoms with E-state index in [4.69, 9.17) is 10.5 Å². The van der Waals surface area contributed by atoms with Gasteiger partial charge in [0.2, 0.25) is 11.8 Å². The van der Waals surface area contributed by atoms with Gasteiger partial charge >= 0.3 is 0 Å². The van der Waals surface area contributed by atoms with E-state index in [0.717, 1.165) is 5.75 Å². The van der Waals surface area contributed by atoms with Gasteiger partial charge in [0.25, 0.3) is 0 Å². The van der Waals surface area contributed by atoms with Crippen molar-refractivity contribution in [1.29, 1.82) is 0 Å². The van der Waals surface area contributed by atoms with Gasteiger partial charge in [-0.25, -0.2) is 4.90 Å². The molecule has 20 heavy (non-hydrogen) atoms. The van der Waals surface area contributed by atoms with Crippen molar-refractivity contribution in [3.05, 3.63) is 24.3 Å². The number of ether oxygens (including phenoxy) is 1. The fourth-order valence-corrected chi connectivity index (χ4v) is 3.00. The molecule has 0 aliphatic carbocycles. The van der Waals surface area contributed by atoms with Gasteiger partial charge in [-0.3, -0.25) is 9.59 Å². The van der Waals surface area contributed by atoms with Gasteiger partial charge in [0.15, 0.2) is 0 Å². The molecule has 0 unspecified atom stereocenters. The van der Waals surface area contributed by atoms with Crippen LogP contribution in [0.4, 0.5) is 5.69 Å². The van der Waals surface area contributed by atoms with Crippen LogP contribution in [0.15, 0.2) is 24.3 Å². The van der Waals surface area contributed by atoms with Gasteiger partial charge < -0.3 is 10.5 Å². The lowest BCUT2D eigenvalue weighted by atomic mass is 10.3. The number of hydrogen-bond acceptors (Lipinski definition) is 5. The van der Waals surface area contributed by atoms with Crippen molar-refractivity contribution in [2.45, 2.75) is 18.6 Å². The lowest BCUT2D eigenvalue weighted by Crippen LogP contribution is -2.31. The molecule has 108 valence electrons. The number of anilines is 1. The molecule has 2 amide bonds. The highest BCUT2D eigenvalue weighted by Gasteiger charge is 2.39. The predicted molar refractivity (Wildman–Crippen MR) is 80.0 cm³/mol. The fraction of sp³-hybridized carbons (Fsp3) is 0.429. The van der Waals surface area contributed by atoms with Gasteiger partial charge in [-0.1, -0.05) is 0 Å². The van der Waals surface area contributed by atoms with Crippen LogP contribution in [0, 0.1) is 0 Å². The van der Waals surface area contributed by atoms with Crippen molar-refractivity contribution in [3.63, 3.8) is 0 Å². The SMILES string of the molecule is CCOc1ccc(N2C(=O)C[C@@H](SCCN)C2=O)cc1. The van der Waals surface area contributed by atoms with Gasteiger partial charge in [0, 0.05) is 18.7 Å². The molecule has 1 heterocycles. The van der Waals surface area contributed by atoms with E-state index >= 15 is 0 Å². The summed E-state index contributed by atoms with van der Waals surface area (Å²) < 4.78 is 5.35. The molecule has 1 aliphatic heterocycles. The summed E-state index contributed by atoms with van der Waals surface area (Å²) in [7, 11) is 0. The molecular weight excluding hydrogens is 276 g/mol. The molecule has 1 aromatic carbocycles. The third-order valence-electron chi connectivity index (χ3n) is 2.95. The Morgan fingerprint density at radius 3 is 2.65 bits per heavy atom. The minimum absolute atomic E-state index is 0.155. The minimum atomic E-state index is -0.308. The molecule has 5 nitrogen and oxygen atoms in total. The molecular formula is C14H18N2O3S. The monoisotopic (exact) mass is 294 g/mol.